The molecule has 0 aromatic heterocycles. The van der Waals surface area contributed by atoms with Gasteiger partial charge < -0.3 is 19.5 Å². The topological polar surface area (TPSA) is 50.8 Å². The fraction of sp³-hybridized carbons (Fsp3) is 0.957. The van der Waals surface area contributed by atoms with Gasteiger partial charge in [0.1, 0.15) is 0 Å². The molecule has 0 radical (unpaired) electrons. The van der Waals surface area contributed by atoms with Gasteiger partial charge in [0, 0.05) is 12.1 Å². The smallest absolute Gasteiger partial charge is 0.403 e. The van der Waals surface area contributed by atoms with Crippen LogP contribution in [0.5, 0.6) is 0 Å². The quantitative estimate of drug-likeness (QED) is 0.664. The van der Waals surface area contributed by atoms with E-state index >= 15 is 0 Å². The normalized spacial score (nSPS) is 31.9. The summed E-state index contributed by atoms with van der Waals surface area (Å²) in [6, 6.07) is 0. The Bertz CT molecular complexity index is 569. The molecule has 1 aliphatic heterocycles. The van der Waals surface area contributed by atoms with Crippen LogP contribution in [0.25, 0.3) is 0 Å². The van der Waals surface area contributed by atoms with Crippen molar-refractivity contribution < 1.29 is 14.1 Å². The van der Waals surface area contributed by atoms with Crippen molar-refractivity contribution in [1.82, 2.24) is 10.2 Å². The van der Waals surface area contributed by atoms with Gasteiger partial charge in [-0.3, -0.25) is 4.79 Å². The summed E-state index contributed by atoms with van der Waals surface area (Å²) in [4.78, 5) is 15.5. The van der Waals surface area contributed by atoms with E-state index in [1.807, 2.05) is 0 Å². The zero-order chi connectivity index (χ0) is 22.3. The van der Waals surface area contributed by atoms with Crippen LogP contribution in [-0.4, -0.2) is 55.3 Å². The lowest BCUT2D eigenvalue weighted by atomic mass is 9.61. The molecule has 1 saturated carbocycles. The Balaban J connectivity index is 2.04. The fourth-order valence-electron chi connectivity index (χ4n) is 4.82. The third-order valence-electron chi connectivity index (χ3n) is 7.24. The van der Waals surface area contributed by atoms with Crippen molar-refractivity contribution in [3.8, 4) is 0 Å². The van der Waals surface area contributed by atoms with Crippen LogP contribution >= 0.6 is 0 Å². The Labute approximate surface area is 179 Å². The molecule has 0 spiro atoms. The Morgan fingerprint density at radius 1 is 1.07 bits per heavy atom. The Hall–Kier alpha value is -0.585. The highest BCUT2D eigenvalue weighted by Crippen LogP contribution is 2.47. The van der Waals surface area contributed by atoms with E-state index in [2.05, 4.69) is 79.7 Å². The Kier molecular flexibility index (Phi) is 7.24. The van der Waals surface area contributed by atoms with Crippen LogP contribution in [0.2, 0.25) is 6.32 Å². The van der Waals surface area contributed by atoms with E-state index in [0.29, 0.717) is 11.8 Å². The van der Waals surface area contributed by atoms with Gasteiger partial charge in [-0.1, -0.05) is 19.8 Å². The van der Waals surface area contributed by atoms with Crippen LogP contribution in [0.3, 0.4) is 0 Å². The lowest BCUT2D eigenvalue weighted by Crippen LogP contribution is -2.54. The van der Waals surface area contributed by atoms with Gasteiger partial charge in [-0.25, -0.2) is 0 Å². The Morgan fingerprint density at radius 2 is 1.62 bits per heavy atom. The molecule has 1 heterocycles. The number of nitrogens with one attached hydrogen (secondary N) is 1. The van der Waals surface area contributed by atoms with Crippen LogP contribution in [0, 0.1) is 17.3 Å². The van der Waals surface area contributed by atoms with Gasteiger partial charge >= 0.3 is 7.12 Å². The summed E-state index contributed by atoms with van der Waals surface area (Å²) >= 11 is 0. The molecule has 2 aliphatic rings. The molecule has 168 valence electrons. The van der Waals surface area contributed by atoms with Crippen molar-refractivity contribution in [2.45, 2.75) is 104 Å². The number of hydrogen-bond acceptors (Lipinski definition) is 4. The summed E-state index contributed by atoms with van der Waals surface area (Å²) in [7, 11) is 4.06. The largest absolute Gasteiger partial charge is 0.457 e. The maximum Gasteiger partial charge on any atom is 0.457 e. The second kappa shape index (κ2) is 8.51. The molecule has 2 fully saturated rings. The van der Waals surface area contributed by atoms with Crippen LogP contribution < -0.4 is 5.32 Å². The van der Waals surface area contributed by atoms with Crippen molar-refractivity contribution in [3.63, 3.8) is 0 Å². The van der Waals surface area contributed by atoms with Crippen molar-refractivity contribution in [3.05, 3.63) is 0 Å². The highest BCUT2D eigenvalue weighted by atomic mass is 16.7. The van der Waals surface area contributed by atoms with Gasteiger partial charge in [-0.15, -0.1) is 0 Å². The summed E-state index contributed by atoms with van der Waals surface area (Å²) in [6.45, 7) is 17.7. The predicted molar refractivity (Wildman–Crippen MR) is 121 cm³/mol. The summed E-state index contributed by atoms with van der Waals surface area (Å²) in [5.74, 6) is 1.12. The number of amides is 1. The lowest BCUT2D eigenvalue weighted by Gasteiger charge is -2.45. The van der Waals surface area contributed by atoms with Crippen molar-refractivity contribution in [2.75, 3.05) is 20.6 Å². The minimum Gasteiger partial charge on any atom is -0.403 e. The third kappa shape index (κ3) is 5.98. The molecule has 5 nitrogen and oxygen atoms in total. The molecular formula is C23H45BN2O3. The van der Waals surface area contributed by atoms with E-state index in [4.69, 9.17) is 9.31 Å². The van der Waals surface area contributed by atoms with Crippen molar-refractivity contribution in [2.24, 2.45) is 17.3 Å². The highest BCUT2D eigenvalue weighted by molar-refractivity contribution is 6.45. The van der Waals surface area contributed by atoms with E-state index in [1.54, 1.807) is 0 Å². The van der Waals surface area contributed by atoms with E-state index in [1.165, 1.54) is 6.42 Å². The first-order valence-corrected chi connectivity index (χ1v) is 11.4. The van der Waals surface area contributed by atoms with E-state index in [9.17, 15) is 4.79 Å². The first-order valence-electron chi connectivity index (χ1n) is 11.4. The molecule has 1 saturated heterocycles. The molecule has 0 bridgehead atoms. The summed E-state index contributed by atoms with van der Waals surface area (Å²) in [5, 5.41) is 3.27. The van der Waals surface area contributed by atoms with E-state index < -0.39 is 0 Å². The van der Waals surface area contributed by atoms with Gasteiger partial charge in [0.05, 0.1) is 16.6 Å². The second-order valence-corrected chi connectivity index (χ2v) is 12.0. The van der Waals surface area contributed by atoms with Crippen LogP contribution in [0.15, 0.2) is 0 Å². The van der Waals surface area contributed by atoms with Crippen molar-refractivity contribution in [1.29, 1.82) is 0 Å². The average molecular weight is 408 g/mol. The van der Waals surface area contributed by atoms with Crippen LogP contribution in [0.1, 0.15) is 81.1 Å². The summed E-state index contributed by atoms with van der Waals surface area (Å²) in [6.07, 6.45) is 5.15. The van der Waals surface area contributed by atoms with Crippen LogP contribution in [0.4, 0.5) is 0 Å². The van der Waals surface area contributed by atoms with Crippen LogP contribution in [-0.2, 0) is 14.1 Å². The number of carbonyl (C=O) groups excluding carboxylic acids is 1. The first kappa shape index (κ1) is 24.7. The molecule has 1 N–H and O–H groups in total. The predicted octanol–water partition coefficient (Wildman–Crippen LogP) is 4.37. The number of carbonyl (C=O) groups is 1. The third-order valence-corrected chi connectivity index (χ3v) is 7.24. The van der Waals surface area contributed by atoms with E-state index in [0.717, 1.165) is 32.1 Å². The maximum absolute atomic E-state index is 13.3. The number of nitrogens with zero attached hydrogens (tertiary/aromatic N) is 1. The molecule has 0 aromatic rings. The second-order valence-electron chi connectivity index (χ2n) is 12.0. The molecule has 0 unspecified atom stereocenters. The molecule has 1 aliphatic carbocycles. The SMILES string of the molecule is CN(C)C[C@H]1CC[C@@H](CCB2OC(C)(C)C(C)(C)O2)C[C@]1(C)C(=O)NC(C)(C)C. The number of hydrogen-bond donors (Lipinski definition) is 1. The zero-order valence-electron chi connectivity index (χ0n) is 20.6. The van der Waals surface area contributed by atoms with Crippen molar-refractivity contribution >= 4 is 13.0 Å². The number of rotatable bonds is 6. The molecule has 29 heavy (non-hydrogen) atoms. The lowest BCUT2D eigenvalue weighted by molar-refractivity contribution is -0.138. The standard InChI is InChI=1S/C23H45BN2O3/c1-20(2,3)25-19(27)23(8)15-17(11-12-18(23)16-26(9)10)13-14-24-28-21(4,5)22(6,7)29-24/h17-18H,11-16H2,1-10H3,(H,25,27)/t17-,18+,23-/m0/s1. The van der Waals surface area contributed by atoms with E-state index in [-0.39, 0.29) is 35.2 Å². The molecule has 1 amide bonds. The monoisotopic (exact) mass is 408 g/mol. The molecule has 2 rings (SSSR count). The van der Waals surface area contributed by atoms with Gasteiger partial charge in [0.25, 0.3) is 0 Å². The molecular weight excluding hydrogens is 363 g/mol. The van der Waals surface area contributed by atoms with Gasteiger partial charge in [0.15, 0.2) is 0 Å². The van der Waals surface area contributed by atoms with Gasteiger partial charge in [-0.2, -0.15) is 0 Å². The van der Waals surface area contributed by atoms with Gasteiger partial charge in [-0.05, 0) is 93.6 Å². The minimum absolute atomic E-state index is 0.144. The molecule has 3 atom stereocenters. The fourth-order valence-corrected chi connectivity index (χ4v) is 4.82. The highest BCUT2D eigenvalue weighted by Gasteiger charge is 2.51. The summed E-state index contributed by atoms with van der Waals surface area (Å²) in [5.41, 5.74) is -1.10. The first-order chi connectivity index (χ1) is 13.1. The summed E-state index contributed by atoms with van der Waals surface area (Å²) < 4.78 is 12.4. The minimum atomic E-state index is -0.337. The molecule has 0 aromatic carbocycles. The Morgan fingerprint density at radius 3 is 2.10 bits per heavy atom. The average Bonchev–Trinajstić information content (AvgIpc) is 2.73. The van der Waals surface area contributed by atoms with Gasteiger partial charge in [0.2, 0.25) is 5.91 Å². The maximum atomic E-state index is 13.3. The zero-order valence-corrected chi connectivity index (χ0v) is 20.6. The molecule has 6 heteroatoms.